The number of likely N-dealkylation sites (tertiary alicyclic amines) is 1. The molecule has 4 rings (SSSR count). The van der Waals surface area contributed by atoms with E-state index in [1.165, 1.54) is 12.0 Å². The average molecular weight is 446 g/mol. The van der Waals surface area contributed by atoms with Gasteiger partial charge in [0.1, 0.15) is 0 Å². The Hall–Kier alpha value is -3.41. The largest absolute Gasteiger partial charge is 0.461 e. The van der Waals surface area contributed by atoms with E-state index in [2.05, 4.69) is 38.0 Å². The normalized spacial score (nSPS) is 16.0. The molecular formula is C27H31N3O3. The number of carbonyl (C=O) groups is 2. The molecule has 0 unspecified atom stereocenters. The number of carbonyl (C=O) groups excluding carboxylic acids is 2. The molecule has 1 aliphatic heterocycles. The number of aromatic nitrogens is 2. The first-order valence-corrected chi connectivity index (χ1v) is 11.6. The van der Waals surface area contributed by atoms with Crippen molar-refractivity contribution in [2.24, 2.45) is 0 Å². The molecule has 1 atom stereocenters. The van der Waals surface area contributed by atoms with Crippen molar-refractivity contribution in [3.8, 4) is 16.9 Å². The highest BCUT2D eigenvalue weighted by Gasteiger charge is 2.24. The first-order chi connectivity index (χ1) is 15.9. The van der Waals surface area contributed by atoms with E-state index in [0.717, 1.165) is 41.9 Å². The van der Waals surface area contributed by atoms with Crippen LogP contribution in [-0.2, 0) is 4.74 Å². The lowest BCUT2D eigenvalue weighted by atomic mass is 10.0. The Kier molecular flexibility index (Phi) is 6.63. The topological polar surface area (TPSA) is 64.4 Å². The van der Waals surface area contributed by atoms with Crippen molar-refractivity contribution in [2.45, 2.75) is 53.0 Å². The monoisotopic (exact) mass is 445 g/mol. The third-order valence-corrected chi connectivity index (χ3v) is 6.42. The average Bonchev–Trinajstić information content (AvgIpc) is 3.27. The quantitative estimate of drug-likeness (QED) is 0.497. The van der Waals surface area contributed by atoms with Crippen molar-refractivity contribution < 1.29 is 14.3 Å². The minimum Gasteiger partial charge on any atom is -0.461 e. The van der Waals surface area contributed by atoms with E-state index in [9.17, 15) is 9.59 Å². The Balaban J connectivity index is 1.70. The summed E-state index contributed by atoms with van der Waals surface area (Å²) in [5.74, 6) is -0.386. The van der Waals surface area contributed by atoms with Gasteiger partial charge in [-0.05, 0) is 94.5 Å². The molecular weight excluding hydrogens is 414 g/mol. The van der Waals surface area contributed by atoms with Crippen LogP contribution in [-0.4, -0.2) is 45.8 Å². The van der Waals surface area contributed by atoms with Crippen LogP contribution < -0.4 is 0 Å². The molecule has 6 nitrogen and oxygen atoms in total. The van der Waals surface area contributed by atoms with Crippen molar-refractivity contribution in [3.05, 3.63) is 70.9 Å². The zero-order valence-corrected chi connectivity index (χ0v) is 19.8. The standard InChI is InChI=1S/C27H31N3O3/c1-5-33-27(32)24-17-25(22-10-9-18(2)19(3)16-22)30(28-24)23-13-11-21(12-14-23)26(31)29-15-7-6-8-20(29)4/h9-14,16-17,20H,5-8,15H2,1-4H3/t20-/m1/s1. The highest BCUT2D eigenvalue weighted by Crippen LogP contribution is 2.27. The number of hydrogen-bond acceptors (Lipinski definition) is 4. The van der Waals surface area contributed by atoms with Crippen LogP contribution in [0, 0.1) is 13.8 Å². The zero-order chi connectivity index (χ0) is 23.5. The molecule has 1 saturated heterocycles. The first kappa shape index (κ1) is 22.8. The van der Waals surface area contributed by atoms with E-state index in [1.807, 2.05) is 35.2 Å². The molecule has 1 amide bonds. The molecule has 3 aromatic rings. The van der Waals surface area contributed by atoms with Crippen LogP contribution in [0.2, 0.25) is 0 Å². The first-order valence-electron chi connectivity index (χ1n) is 11.6. The lowest BCUT2D eigenvalue weighted by molar-refractivity contribution is 0.0518. The summed E-state index contributed by atoms with van der Waals surface area (Å²) in [7, 11) is 0. The molecule has 2 aromatic carbocycles. The molecule has 0 radical (unpaired) electrons. The van der Waals surface area contributed by atoms with Gasteiger partial charge in [0.25, 0.3) is 5.91 Å². The fraction of sp³-hybridized carbons (Fsp3) is 0.370. The molecule has 33 heavy (non-hydrogen) atoms. The van der Waals surface area contributed by atoms with Gasteiger partial charge in [0, 0.05) is 23.7 Å². The van der Waals surface area contributed by atoms with E-state index in [4.69, 9.17) is 4.74 Å². The maximum Gasteiger partial charge on any atom is 0.358 e. The van der Waals surface area contributed by atoms with E-state index in [-0.39, 0.29) is 24.2 Å². The number of nitrogens with zero attached hydrogens (tertiary/aromatic N) is 3. The summed E-state index contributed by atoms with van der Waals surface area (Å²) in [5, 5.41) is 4.55. The van der Waals surface area contributed by atoms with Gasteiger partial charge in [-0.15, -0.1) is 0 Å². The molecule has 1 aromatic heterocycles. The van der Waals surface area contributed by atoms with Gasteiger partial charge in [0.15, 0.2) is 5.69 Å². The second kappa shape index (κ2) is 9.61. The smallest absolute Gasteiger partial charge is 0.358 e. The summed E-state index contributed by atoms with van der Waals surface area (Å²) in [4.78, 5) is 27.4. The SMILES string of the molecule is CCOC(=O)c1cc(-c2ccc(C)c(C)c2)n(-c2ccc(C(=O)N3CCCC[C@H]3C)cc2)n1. The number of rotatable bonds is 5. The van der Waals surface area contributed by atoms with Crippen LogP contribution in [0.25, 0.3) is 16.9 Å². The minimum atomic E-state index is -0.452. The van der Waals surface area contributed by atoms with Crippen molar-refractivity contribution in [3.63, 3.8) is 0 Å². The second-order valence-electron chi connectivity index (χ2n) is 8.74. The van der Waals surface area contributed by atoms with Crippen molar-refractivity contribution in [1.82, 2.24) is 14.7 Å². The fourth-order valence-electron chi connectivity index (χ4n) is 4.30. The van der Waals surface area contributed by atoms with E-state index >= 15 is 0 Å². The third kappa shape index (κ3) is 4.70. The van der Waals surface area contributed by atoms with Gasteiger partial charge in [-0.25, -0.2) is 9.48 Å². The number of esters is 1. The highest BCUT2D eigenvalue weighted by atomic mass is 16.5. The summed E-state index contributed by atoms with van der Waals surface area (Å²) in [6.07, 6.45) is 3.28. The van der Waals surface area contributed by atoms with Crippen LogP contribution in [0.1, 0.15) is 65.1 Å². The fourth-order valence-corrected chi connectivity index (χ4v) is 4.30. The molecule has 0 N–H and O–H groups in total. The molecule has 6 heteroatoms. The Bertz CT molecular complexity index is 1160. The van der Waals surface area contributed by atoms with Gasteiger partial charge in [-0.3, -0.25) is 4.79 Å². The second-order valence-corrected chi connectivity index (χ2v) is 8.74. The lowest BCUT2D eigenvalue weighted by Gasteiger charge is -2.33. The molecule has 1 fully saturated rings. The molecule has 172 valence electrons. The predicted molar refractivity (Wildman–Crippen MR) is 129 cm³/mol. The number of aryl methyl sites for hydroxylation is 2. The minimum absolute atomic E-state index is 0.0656. The molecule has 1 aliphatic rings. The summed E-state index contributed by atoms with van der Waals surface area (Å²) in [5.41, 5.74) is 5.82. The van der Waals surface area contributed by atoms with Crippen LogP contribution in [0.15, 0.2) is 48.5 Å². The number of ether oxygens (including phenoxy) is 1. The van der Waals surface area contributed by atoms with Gasteiger partial charge in [0.2, 0.25) is 0 Å². The molecule has 2 heterocycles. The van der Waals surface area contributed by atoms with Gasteiger partial charge in [0.05, 0.1) is 18.0 Å². The van der Waals surface area contributed by atoms with Gasteiger partial charge in [-0.2, -0.15) is 5.10 Å². The van der Waals surface area contributed by atoms with Crippen molar-refractivity contribution in [1.29, 1.82) is 0 Å². The summed E-state index contributed by atoms with van der Waals surface area (Å²) in [6, 6.07) is 15.7. The molecule has 0 aliphatic carbocycles. The number of benzene rings is 2. The van der Waals surface area contributed by atoms with Gasteiger partial charge in [-0.1, -0.05) is 12.1 Å². The number of hydrogen-bond donors (Lipinski definition) is 0. The van der Waals surface area contributed by atoms with Crippen LogP contribution in [0.4, 0.5) is 0 Å². The maximum absolute atomic E-state index is 13.0. The van der Waals surface area contributed by atoms with Gasteiger partial charge < -0.3 is 9.64 Å². The highest BCUT2D eigenvalue weighted by molar-refractivity contribution is 5.94. The number of amides is 1. The predicted octanol–water partition coefficient (Wildman–Crippen LogP) is 5.35. The van der Waals surface area contributed by atoms with Crippen LogP contribution in [0.5, 0.6) is 0 Å². The van der Waals surface area contributed by atoms with Crippen LogP contribution in [0.3, 0.4) is 0 Å². The van der Waals surface area contributed by atoms with Gasteiger partial charge >= 0.3 is 5.97 Å². The summed E-state index contributed by atoms with van der Waals surface area (Å²) >= 11 is 0. The molecule has 0 spiro atoms. The zero-order valence-electron chi connectivity index (χ0n) is 19.8. The Morgan fingerprint density at radius 1 is 1.03 bits per heavy atom. The summed E-state index contributed by atoms with van der Waals surface area (Å²) < 4.78 is 6.92. The van der Waals surface area contributed by atoms with Crippen molar-refractivity contribution in [2.75, 3.05) is 13.2 Å². The number of piperidine rings is 1. The Morgan fingerprint density at radius 3 is 2.45 bits per heavy atom. The molecule has 0 saturated carbocycles. The third-order valence-electron chi connectivity index (χ3n) is 6.42. The Morgan fingerprint density at radius 2 is 1.79 bits per heavy atom. The lowest BCUT2D eigenvalue weighted by Crippen LogP contribution is -2.42. The van der Waals surface area contributed by atoms with E-state index in [1.54, 1.807) is 17.7 Å². The Labute approximate surface area is 195 Å². The molecule has 0 bridgehead atoms. The van der Waals surface area contributed by atoms with E-state index in [0.29, 0.717) is 5.56 Å². The summed E-state index contributed by atoms with van der Waals surface area (Å²) in [6.45, 7) is 9.12. The van der Waals surface area contributed by atoms with Crippen molar-refractivity contribution >= 4 is 11.9 Å². The van der Waals surface area contributed by atoms with Crippen LogP contribution >= 0.6 is 0 Å². The van der Waals surface area contributed by atoms with E-state index < -0.39 is 5.97 Å². The maximum atomic E-state index is 13.0.